The van der Waals surface area contributed by atoms with Crippen molar-refractivity contribution in [1.29, 1.82) is 0 Å². The van der Waals surface area contributed by atoms with E-state index in [4.69, 9.17) is 0 Å². The van der Waals surface area contributed by atoms with Crippen LogP contribution in [0.25, 0.3) is 0 Å². The molecule has 1 aromatic carbocycles. The monoisotopic (exact) mass is 308 g/mol. The zero-order valence-corrected chi connectivity index (χ0v) is 11.2. The number of rotatable bonds is 2. The molecule has 18 heavy (non-hydrogen) atoms. The molecule has 0 bridgehead atoms. The van der Waals surface area contributed by atoms with Gasteiger partial charge in [-0.05, 0) is 30.3 Å². The van der Waals surface area contributed by atoms with Crippen molar-refractivity contribution in [2.24, 2.45) is 0 Å². The van der Waals surface area contributed by atoms with Crippen molar-refractivity contribution < 1.29 is 9.18 Å². The van der Waals surface area contributed by atoms with Crippen LogP contribution < -0.4 is 4.90 Å². The van der Waals surface area contributed by atoms with Gasteiger partial charge in [-0.15, -0.1) is 0 Å². The van der Waals surface area contributed by atoms with Crippen LogP contribution in [0, 0.1) is 5.82 Å². The molecule has 0 saturated heterocycles. The van der Waals surface area contributed by atoms with E-state index in [1.54, 1.807) is 31.4 Å². The summed E-state index contributed by atoms with van der Waals surface area (Å²) < 4.78 is 13.9. The maximum Gasteiger partial charge on any atom is 0.259 e. The summed E-state index contributed by atoms with van der Waals surface area (Å²) in [6, 6.07) is 9.07. The van der Waals surface area contributed by atoms with Gasteiger partial charge in [-0.1, -0.05) is 22.0 Å². The standard InChI is InChI=1S/C13H10BrFN2O/c1-17(12-8-10(14)5-6-16-12)13(18)9-3-2-4-11(15)7-9/h2-8H,1H3. The summed E-state index contributed by atoms with van der Waals surface area (Å²) in [5.74, 6) is -0.241. The van der Waals surface area contributed by atoms with Crippen molar-refractivity contribution in [2.75, 3.05) is 11.9 Å². The highest BCUT2D eigenvalue weighted by Crippen LogP contribution is 2.18. The molecule has 0 aliphatic carbocycles. The number of carbonyl (C=O) groups is 1. The van der Waals surface area contributed by atoms with Crippen LogP contribution in [-0.2, 0) is 0 Å². The second-order valence-electron chi connectivity index (χ2n) is 3.71. The lowest BCUT2D eigenvalue weighted by Gasteiger charge is -2.16. The van der Waals surface area contributed by atoms with E-state index in [0.29, 0.717) is 11.4 Å². The van der Waals surface area contributed by atoms with E-state index >= 15 is 0 Å². The number of hydrogen-bond acceptors (Lipinski definition) is 2. The Labute approximate surface area is 112 Å². The Kier molecular flexibility index (Phi) is 3.72. The summed E-state index contributed by atoms with van der Waals surface area (Å²) in [4.78, 5) is 17.6. The predicted octanol–water partition coefficient (Wildman–Crippen LogP) is 3.26. The Morgan fingerprint density at radius 2 is 2.11 bits per heavy atom. The van der Waals surface area contributed by atoms with Gasteiger partial charge in [0, 0.05) is 23.3 Å². The fourth-order valence-corrected chi connectivity index (χ4v) is 1.82. The SMILES string of the molecule is CN(C(=O)c1cccc(F)c1)c1cc(Br)ccn1. The molecule has 1 aromatic heterocycles. The Bertz CT molecular complexity index is 589. The van der Waals surface area contributed by atoms with Gasteiger partial charge in [0.1, 0.15) is 11.6 Å². The summed E-state index contributed by atoms with van der Waals surface area (Å²) in [7, 11) is 1.60. The minimum absolute atomic E-state index is 0.291. The minimum Gasteiger partial charge on any atom is -0.296 e. The Morgan fingerprint density at radius 1 is 1.33 bits per heavy atom. The van der Waals surface area contributed by atoms with E-state index < -0.39 is 5.82 Å². The zero-order chi connectivity index (χ0) is 13.1. The first kappa shape index (κ1) is 12.7. The van der Waals surface area contributed by atoms with Crippen LogP contribution in [-0.4, -0.2) is 17.9 Å². The largest absolute Gasteiger partial charge is 0.296 e. The van der Waals surface area contributed by atoms with Crippen molar-refractivity contribution in [3.63, 3.8) is 0 Å². The fraction of sp³-hybridized carbons (Fsp3) is 0.0769. The lowest BCUT2D eigenvalue weighted by molar-refractivity contribution is 0.0992. The van der Waals surface area contributed by atoms with Crippen LogP contribution in [0.5, 0.6) is 0 Å². The topological polar surface area (TPSA) is 33.2 Å². The molecule has 0 saturated carbocycles. The van der Waals surface area contributed by atoms with E-state index in [0.717, 1.165) is 4.47 Å². The van der Waals surface area contributed by atoms with Crippen molar-refractivity contribution >= 4 is 27.7 Å². The van der Waals surface area contributed by atoms with Gasteiger partial charge in [0.2, 0.25) is 0 Å². The molecule has 0 atom stereocenters. The molecule has 1 amide bonds. The van der Waals surface area contributed by atoms with E-state index in [1.165, 1.54) is 23.1 Å². The number of hydrogen-bond donors (Lipinski definition) is 0. The number of benzene rings is 1. The number of nitrogens with zero attached hydrogens (tertiary/aromatic N) is 2. The highest BCUT2D eigenvalue weighted by atomic mass is 79.9. The summed E-state index contributed by atoms with van der Waals surface area (Å²) in [6.07, 6.45) is 1.59. The van der Waals surface area contributed by atoms with Crippen molar-refractivity contribution in [3.05, 3.63) is 58.4 Å². The number of carbonyl (C=O) groups excluding carboxylic acids is 1. The molecule has 0 unspecified atom stereocenters. The number of halogens is 2. The lowest BCUT2D eigenvalue weighted by atomic mass is 10.2. The number of amides is 1. The predicted molar refractivity (Wildman–Crippen MR) is 71.1 cm³/mol. The van der Waals surface area contributed by atoms with Gasteiger partial charge in [0.05, 0.1) is 0 Å². The second-order valence-corrected chi connectivity index (χ2v) is 4.62. The molecule has 0 aliphatic rings. The maximum atomic E-state index is 13.1. The first-order chi connectivity index (χ1) is 8.58. The molecule has 92 valence electrons. The Morgan fingerprint density at radius 3 is 2.78 bits per heavy atom. The molecular formula is C13H10BrFN2O. The Balaban J connectivity index is 2.29. The zero-order valence-electron chi connectivity index (χ0n) is 9.60. The average Bonchev–Trinajstić information content (AvgIpc) is 2.37. The first-order valence-electron chi connectivity index (χ1n) is 5.23. The van der Waals surface area contributed by atoms with Crippen LogP contribution in [0.4, 0.5) is 10.2 Å². The first-order valence-corrected chi connectivity index (χ1v) is 6.02. The van der Waals surface area contributed by atoms with Crippen LogP contribution in [0.1, 0.15) is 10.4 Å². The molecule has 5 heteroatoms. The van der Waals surface area contributed by atoms with Gasteiger partial charge >= 0.3 is 0 Å². The molecule has 3 nitrogen and oxygen atoms in total. The van der Waals surface area contributed by atoms with Crippen molar-refractivity contribution in [1.82, 2.24) is 4.98 Å². The minimum atomic E-state index is -0.434. The average molecular weight is 309 g/mol. The molecule has 0 fully saturated rings. The van der Waals surface area contributed by atoms with E-state index in [9.17, 15) is 9.18 Å². The van der Waals surface area contributed by atoms with Gasteiger partial charge < -0.3 is 0 Å². The molecule has 0 spiro atoms. The fourth-order valence-electron chi connectivity index (χ4n) is 1.50. The summed E-state index contributed by atoms with van der Waals surface area (Å²) >= 11 is 3.31. The summed E-state index contributed by atoms with van der Waals surface area (Å²) in [5.41, 5.74) is 0.291. The van der Waals surface area contributed by atoms with Crippen molar-refractivity contribution in [2.45, 2.75) is 0 Å². The molecular weight excluding hydrogens is 299 g/mol. The van der Waals surface area contributed by atoms with E-state index in [1.807, 2.05) is 0 Å². The lowest BCUT2D eigenvalue weighted by Crippen LogP contribution is -2.27. The van der Waals surface area contributed by atoms with E-state index in [-0.39, 0.29) is 5.91 Å². The quantitative estimate of drug-likeness (QED) is 0.853. The van der Waals surface area contributed by atoms with Gasteiger partial charge in [0.25, 0.3) is 5.91 Å². The summed E-state index contributed by atoms with van der Waals surface area (Å²) in [5, 5.41) is 0. The second kappa shape index (κ2) is 5.27. The third-order valence-corrected chi connectivity index (χ3v) is 2.92. The third kappa shape index (κ3) is 2.73. The van der Waals surface area contributed by atoms with Gasteiger partial charge in [-0.2, -0.15) is 0 Å². The number of anilines is 1. The van der Waals surface area contributed by atoms with Crippen LogP contribution in [0.15, 0.2) is 47.1 Å². The van der Waals surface area contributed by atoms with Crippen molar-refractivity contribution in [3.8, 4) is 0 Å². The smallest absolute Gasteiger partial charge is 0.259 e. The molecule has 2 aromatic rings. The highest BCUT2D eigenvalue weighted by Gasteiger charge is 2.14. The van der Waals surface area contributed by atoms with Crippen LogP contribution in [0.3, 0.4) is 0 Å². The number of aromatic nitrogens is 1. The normalized spacial score (nSPS) is 10.2. The summed E-state index contributed by atoms with van der Waals surface area (Å²) in [6.45, 7) is 0. The molecule has 0 radical (unpaired) electrons. The van der Waals surface area contributed by atoms with Crippen LogP contribution >= 0.6 is 15.9 Å². The molecule has 1 heterocycles. The van der Waals surface area contributed by atoms with E-state index in [2.05, 4.69) is 20.9 Å². The number of pyridine rings is 1. The van der Waals surface area contributed by atoms with Gasteiger partial charge in [-0.3, -0.25) is 9.69 Å². The third-order valence-electron chi connectivity index (χ3n) is 2.43. The molecule has 0 aliphatic heterocycles. The van der Waals surface area contributed by atoms with Gasteiger partial charge in [0.15, 0.2) is 0 Å². The van der Waals surface area contributed by atoms with Crippen LogP contribution in [0.2, 0.25) is 0 Å². The Hall–Kier alpha value is -1.75. The maximum absolute atomic E-state index is 13.1. The van der Waals surface area contributed by atoms with Gasteiger partial charge in [-0.25, -0.2) is 9.37 Å². The molecule has 2 rings (SSSR count). The molecule has 0 N–H and O–H groups in total. The highest BCUT2D eigenvalue weighted by molar-refractivity contribution is 9.10.